The Morgan fingerprint density at radius 3 is 2.26 bits per heavy atom. The standard InChI is InChI=1S/C22H31N3O5S/c1-15-12-24(13-16(2)30-15)31(28,29)20-9-7-18(8-10-20)23-22(27)17-11-21(26)25(14-17)19-5-3-4-6-19/h7-10,15-17,19H,3-6,11-14H2,1-2H3,(H,23,27). The van der Waals surface area contributed by atoms with Gasteiger partial charge in [0.2, 0.25) is 21.8 Å². The molecule has 9 heteroatoms. The van der Waals surface area contributed by atoms with Crippen LogP contribution in [0.4, 0.5) is 5.69 Å². The van der Waals surface area contributed by atoms with Crippen molar-refractivity contribution in [3.05, 3.63) is 24.3 Å². The Morgan fingerprint density at radius 1 is 1.03 bits per heavy atom. The maximum atomic E-state index is 13.0. The van der Waals surface area contributed by atoms with E-state index in [1.54, 1.807) is 12.1 Å². The summed E-state index contributed by atoms with van der Waals surface area (Å²) in [4.78, 5) is 27.1. The number of hydrogen-bond donors (Lipinski definition) is 1. The SMILES string of the molecule is CC1CN(S(=O)(=O)c2ccc(NC(=O)C3CC(=O)N(C4CCCC4)C3)cc2)CC(C)O1. The highest BCUT2D eigenvalue weighted by atomic mass is 32.2. The number of carbonyl (C=O) groups excluding carboxylic acids is 2. The van der Waals surface area contributed by atoms with E-state index in [-0.39, 0.29) is 47.3 Å². The third-order valence-electron chi connectivity index (χ3n) is 6.44. The molecule has 170 valence electrons. The monoisotopic (exact) mass is 449 g/mol. The Labute approximate surface area is 184 Å². The van der Waals surface area contributed by atoms with Gasteiger partial charge < -0.3 is 15.0 Å². The first-order valence-corrected chi connectivity index (χ1v) is 12.5. The summed E-state index contributed by atoms with van der Waals surface area (Å²) in [7, 11) is -3.62. The van der Waals surface area contributed by atoms with Gasteiger partial charge in [-0.15, -0.1) is 0 Å². The molecule has 1 aliphatic carbocycles. The number of likely N-dealkylation sites (tertiary alicyclic amines) is 1. The molecule has 2 saturated heterocycles. The van der Waals surface area contributed by atoms with Crippen molar-refractivity contribution in [1.82, 2.24) is 9.21 Å². The molecular weight excluding hydrogens is 418 g/mol. The highest BCUT2D eigenvalue weighted by Crippen LogP contribution is 2.30. The molecule has 3 unspecified atom stereocenters. The lowest BCUT2D eigenvalue weighted by Crippen LogP contribution is -2.48. The van der Waals surface area contributed by atoms with Crippen LogP contribution in [-0.2, 0) is 24.3 Å². The number of sulfonamides is 1. The summed E-state index contributed by atoms with van der Waals surface area (Å²) in [6.07, 6.45) is 4.26. The van der Waals surface area contributed by atoms with Gasteiger partial charge in [0, 0.05) is 37.8 Å². The maximum absolute atomic E-state index is 13.0. The van der Waals surface area contributed by atoms with E-state index in [4.69, 9.17) is 4.74 Å². The van der Waals surface area contributed by atoms with E-state index >= 15 is 0 Å². The second-order valence-corrected chi connectivity index (χ2v) is 10.9. The predicted molar refractivity (Wildman–Crippen MR) is 116 cm³/mol. The first-order chi connectivity index (χ1) is 14.7. The van der Waals surface area contributed by atoms with Crippen molar-refractivity contribution < 1.29 is 22.7 Å². The fourth-order valence-corrected chi connectivity index (χ4v) is 6.50. The molecule has 1 aromatic carbocycles. The minimum Gasteiger partial charge on any atom is -0.373 e. The Balaban J connectivity index is 1.38. The number of nitrogens with zero attached hydrogens (tertiary/aromatic N) is 2. The highest BCUT2D eigenvalue weighted by Gasteiger charge is 2.38. The zero-order valence-corrected chi connectivity index (χ0v) is 18.9. The first-order valence-electron chi connectivity index (χ1n) is 11.1. The van der Waals surface area contributed by atoms with Crippen molar-refractivity contribution in [2.24, 2.45) is 5.92 Å². The molecule has 31 heavy (non-hydrogen) atoms. The molecule has 3 atom stereocenters. The van der Waals surface area contributed by atoms with Crippen molar-refractivity contribution in [1.29, 1.82) is 0 Å². The van der Waals surface area contributed by atoms with Crippen molar-refractivity contribution in [3.8, 4) is 0 Å². The lowest BCUT2D eigenvalue weighted by molar-refractivity contribution is -0.129. The van der Waals surface area contributed by atoms with Crippen LogP contribution in [0.3, 0.4) is 0 Å². The normalized spacial score (nSPS) is 28.3. The van der Waals surface area contributed by atoms with E-state index in [1.165, 1.54) is 16.4 Å². The van der Waals surface area contributed by atoms with Gasteiger partial charge in [-0.2, -0.15) is 4.31 Å². The Morgan fingerprint density at radius 2 is 1.65 bits per heavy atom. The van der Waals surface area contributed by atoms with Crippen LogP contribution in [0.25, 0.3) is 0 Å². The summed E-state index contributed by atoms with van der Waals surface area (Å²) in [5.41, 5.74) is 0.527. The minimum absolute atomic E-state index is 0.0578. The third-order valence-corrected chi connectivity index (χ3v) is 8.29. The topological polar surface area (TPSA) is 96.0 Å². The number of amides is 2. The molecule has 0 radical (unpaired) electrons. The summed E-state index contributed by atoms with van der Waals surface area (Å²) in [5.74, 6) is -0.504. The predicted octanol–water partition coefficient (Wildman–Crippen LogP) is 2.21. The van der Waals surface area contributed by atoms with Crippen LogP contribution < -0.4 is 5.32 Å². The Kier molecular flexibility index (Phi) is 6.37. The van der Waals surface area contributed by atoms with Crippen LogP contribution in [-0.4, -0.2) is 67.3 Å². The molecule has 3 fully saturated rings. The summed E-state index contributed by atoms with van der Waals surface area (Å²) in [6.45, 7) is 4.82. The van der Waals surface area contributed by atoms with E-state index in [2.05, 4.69) is 5.32 Å². The largest absolute Gasteiger partial charge is 0.373 e. The van der Waals surface area contributed by atoms with Gasteiger partial charge in [0.15, 0.2) is 0 Å². The summed E-state index contributed by atoms with van der Waals surface area (Å²) in [5, 5.41) is 2.84. The molecule has 4 rings (SSSR count). The van der Waals surface area contributed by atoms with Gasteiger partial charge in [-0.1, -0.05) is 12.8 Å². The van der Waals surface area contributed by atoms with Crippen LogP contribution in [0, 0.1) is 5.92 Å². The molecule has 1 aromatic rings. The zero-order valence-electron chi connectivity index (χ0n) is 18.1. The number of rotatable bonds is 5. The van der Waals surface area contributed by atoms with Gasteiger partial charge in [0.1, 0.15) is 0 Å². The summed E-state index contributed by atoms with van der Waals surface area (Å²) in [6, 6.07) is 6.51. The number of hydrogen-bond acceptors (Lipinski definition) is 5. The average Bonchev–Trinajstić information content (AvgIpc) is 3.37. The number of ether oxygens (including phenoxy) is 1. The smallest absolute Gasteiger partial charge is 0.243 e. The fraction of sp³-hybridized carbons (Fsp3) is 0.636. The highest BCUT2D eigenvalue weighted by molar-refractivity contribution is 7.89. The average molecular weight is 450 g/mol. The van der Waals surface area contributed by atoms with Crippen LogP contribution >= 0.6 is 0 Å². The van der Waals surface area contributed by atoms with Crippen molar-refractivity contribution in [3.63, 3.8) is 0 Å². The number of morpholine rings is 1. The van der Waals surface area contributed by atoms with Gasteiger partial charge in [-0.25, -0.2) is 8.42 Å². The van der Waals surface area contributed by atoms with Gasteiger partial charge in [-0.05, 0) is 51.0 Å². The molecule has 0 spiro atoms. The molecule has 2 amide bonds. The molecule has 2 heterocycles. The Hall–Kier alpha value is -1.97. The van der Waals surface area contributed by atoms with E-state index in [1.807, 2.05) is 18.7 Å². The quantitative estimate of drug-likeness (QED) is 0.744. The van der Waals surface area contributed by atoms with Crippen LogP contribution in [0.15, 0.2) is 29.2 Å². The molecule has 8 nitrogen and oxygen atoms in total. The summed E-state index contributed by atoms with van der Waals surface area (Å²) >= 11 is 0. The van der Waals surface area contributed by atoms with E-state index < -0.39 is 10.0 Å². The minimum atomic E-state index is -3.62. The zero-order chi connectivity index (χ0) is 22.2. The van der Waals surface area contributed by atoms with E-state index in [0.717, 1.165) is 25.7 Å². The molecule has 0 aromatic heterocycles. The third kappa shape index (κ3) is 4.78. The van der Waals surface area contributed by atoms with Crippen LogP contribution in [0.2, 0.25) is 0 Å². The number of carbonyl (C=O) groups is 2. The first kappa shape index (κ1) is 22.2. The van der Waals surface area contributed by atoms with Crippen molar-refractivity contribution >= 4 is 27.5 Å². The molecular formula is C22H31N3O5S. The van der Waals surface area contributed by atoms with Gasteiger partial charge in [-0.3, -0.25) is 9.59 Å². The lowest BCUT2D eigenvalue weighted by Gasteiger charge is -2.34. The van der Waals surface area contributed by atoms with Gasteiger partial charge >= 0.3 is 0 Å². The summed E-state index contributed by atoms with van der Waals surface area (Å²) < 4.78 is 33.0. The van der Waals surface area contributed by atoms with Crippen LogP contribution in [0.5, 0.6) is 0 Å². The molecule has 0 bridgehead atoms. The van der Waals surface area contributed by atoms with Crippen molar-refractivity contribution in [2.45, 2.75) is 69.1 Å². The Bertz CT molecular complexity index is 917. The van der Waals surface area contributed by atoms with E-state index in [0.29, 0.717) is 25.3 Å². The lowest BCUT2D eigenvalue weighted by atomic mass is 10.1. The fourth-order valence-electron chi connectivity index (χ4n) is 4.91. The number of anilines is 1. The van der Waals surface area contributed by atoms with Crippen molar-refractivity contribution in [2.75, 3.05) is 25.0 Å². The molecule has 1 N–H and O–H groups in total. The van der Waals surface area contributed by atoms with Gasteiger partial charge in [0.25, 0.3) is 0 Å². The van der Waals surface area contributed by atoms with E-state index in [9.17, 15) is 18.0 Å². The second-order valence-electron chi connectivity index (χ2n) is 8.98. The molecule has 1 saturated carbocycles. The maximum Gasteiger partial charge on any atom is 0.243 e. The second kappa shape index (κ2) is 8.88. The van der Waals surface area contributed by atoms with Crippen LogP contribution in [0.1, 0.15) is 46.0 Å². The number of nitrogens with one attached hydrogen (secondary N) is 1. The van der Waals surface area contributed by atoms with Gasteiger partial charge in [0.05, 0.1) is 23.0 Å². The molecule has 3 aliphatic rings. The number of benzene rings is 1. The molecule has 2 aliphatic heterocycles.